The van der Waals surface area contributed by atoms with E-state index in [2.05, 4.69) is 0 Å². The van der Waals surface area contributed by atoms with Crippen molar-refractivity contribution in [1.29, 1.82) is 0 Å². The van der Waals surface area contributed by atoms with Gasteiger partial charge in [0.2, 0.25) is 13.7 Å². The summed E-state index contributed by atoms with van der Waals surface area (Å²) in [4.78, 5) is 0. The standard InChI is InChI=1S/C10Cl19O/c11-1(12)2(13,14)4(17,18)6(21,22)8(25,26)10(29,30)9(27,28)7(23,24)5(19,20)3(1,15)16. The van der Waals surface area contributed by atoms with Crippen LogP contribution in [-0.4, -0.2) is 44.1 Å². The van der Waals surface area contributed by atoms with E-state index >= 15 is 0 Å². The first-order valence-corrected chi connectivity index (χ1v) is 13.5. The van der Waals surface area contributed by atoms with Crippen LogP contribution in [0.2, 0.25) is 0 Å². The van der Waals surface area contributed by atoms with Crippen molar-refractivity contribution in [1.82, 2.24) is 0 Å². The number of hydrogen-bond donors (Lipinski definition) is 0. The fourth-order valence-electron chi connectivity index (χ4n) is 1.98. The third-order valence-corrected chi connectivity index (χ3v) is 18.1. The van der Waals surface area contributed by atoms with Gasteiger partial charge < -0.3 is 0 Å². The van der Waals surface area contributed by atoms with Crippen LogP contribution in [-0.2, 0) is 5.11 Å². The second-order valence-electron chi connectivity index (χ2n) is 5.76. The van der Waals surface area contributed by atoms with Gasteiger partial charge in [0.1, 0.15) is 0 Å². The molecule has 0 atom stereocenters. The highest BCUT2D eigenvalue weighted by molar-refractivity contribution is 6.82. The normalized spacial score (nSPS) is 34.0. The van der Waals surface area contributed by atoms with Gasteiger partial charge in [0.15, 0.2) is 30.3 Å². The Balaban J connectivity index is 4.35. The average molecular weight is 810 g/mol. The Morgan fingerprint density at radius 3 is 0.467 bits per heavy atom. The van der Waals surface area contributed by atoms with E-state index in [1.54, 1.807) is 0 Å². The summed E-state index contributed by atoms with van der Waals surface area (Å²) in [6.07, 6.45) is 0. The van der Waals surface area contributed by atoms with E-state index in [9.17, 15) is 5.11 Å². The van der Waals surface area contributed by atoms with Gasteiger partial charge in [-0.3, -0.25) is 0 Å². The average Bonchev–Trinajstić information content (AvgIpc) is 2.51. The molecule has 0 spiro atoms. The second-order valence-corrected chi connectivity index (χ2v) is 18.2. The van der Waals surface area contributed by atoms with E-state index in [0.29, 0.717) is 0 Å². The summed E-state index contributed by atoms with van der Waals surface area (Å²) in [5, 5.41) is 9.70. The highest BCUT2D eigenvalue weighted by Crippen LogP contribution is 2.77. The fraction of sp³-hybridized carbons (Fsp3) is 1.00. The van der Waals surface area contributed by atoms with E-state index in [-0.39, 0.29) is 0 Å². The first-order chi connectivity index (χ1) is 12.5. The minimum Gasteiger partial charge on any atom is -0.205 e. The molecule has 0 amide bonds. The summed E-state index contributed by atoms with van der Waals surface area (Å²) in [6.45, 7) is 0. The summed E-state index contributed by atoms with van der Waals surface area (Å²) in [6, 6.07) is 0. The van der Waals surface area contributed by atoms with Gasteiger partial charge in [-0.1, -0.05) is 220 Å². The van der Waals surface area contributed by atoms with Crippen molar-refractivity contribution in [2.24, 2.45) is 0 Å². The van der Waals surface area contributed by atoms with Gasteiger partial charge in [-0.05, 0) is 0 Å². The lowest BCUT2D eigenvalue weighted by molar-refractivity contribution is 0.00487. The lowest BCUT2D eigenvalue weighted by atomic mass is 9.92. The fourth-order valence-corrected chi connectivity index (χ4v) is 9.07. The van der Waals surface area contributed by atoms with Crippen LogP contribution in [0.4, 0.5) is 0 Å². The molecule has 1 aliphatic carbocycles. The quantitative estimate of drug-likeness (QED) is 0.217. The van der Waals surface area contributed by atoms with Crippen LogP contribution < -0.4 is 0 Å². The molecule has 1 saturated carbocycles. The molecule has 1 nitrogen and oxygen atoms in total. The largest absolute Gasteiger partial charge is 0.247 e. The van der Waals surface area contributed by atoms with Gasteiger partial charge >= 0.3 is 0 Å². The molecular weight excluding hydrogens is 810 g/mol. The molecule has 1 fully saturated rings. The molecule has 1 radical (unpaired) electrons. The molecule has 0 aromatic rings. The molecule has 30 heavy (non-hydrogen) atoms. The van der Waals surface area contributed by atoms with Crippen molar-refractivity contribution in [3.8, 4) is 0 Å². The van der Waals surface area contributed by atoms with Gasteiger partial charge in [0.05, 0.1) is 0 Å². The molecule has 1 aliphatic rings. The van der Waals surface area contributed by atoms with Gasteiger partial charge in [-0.25, -0.2) is 5.11 Å². The van der Waals surface area contributed by atoms with Crippen molar-refractivity contribution in [3.63, 3.8) is 0 Å². The SMILES string of the molecule is [O]C1(Cl)C(Cl)(Cl)C(Cl)(Cl)C(Cl)(Cl)C(Cl)(Cl)C(Cl)(Cl)C(Cl)(Cl)C(Cl)(Cl)C(Cl)(Cl)C1(Cl)Cl. The van der Waals surface area contributed by atoms with Crippen LogP contribution in [0.5, 0.6) is 0 Å². The van der Waals surface area contributed by atoms with Crippen LogP contribution >= 0.6 is 220 Å². The van der Waals surface area contributed by atoms with Crippen LogP contribution in [0.25, 0.3) is 0 Å². The van der Waals surface area contributed by atoms with Gasteiger partial charge in [-0.2, -0.15) is 0 Å². The lowest BCUT2D eigenvalue weighted by Crippen LogP contribution is -2.79. The van der Waals surface area contributed by atoms with Gasteiger partial charge in [0.25, 0.3) is 0 Å². The molecule has 0 saturated heterocycles. The molecule has 0 heterocycles. The topological polar surface area (TPSA) is 19.9 Å². The summed E-state index contributed by atoms with van der Waals surface area (Å²) in [5.41, 5.74) is 0. The summed E-state index contributed by atoms with van der Waals surface area (Å²) < 4.78 is -29.0. The number of hydrogen-bond acceptors (Lipinski definition) is 0. The summed E-state index contributed by atoms with van der Waals surface area (Å²) >= 11 is 117. The third-order valence-electron chi connectivity index (χ3n) is 3.96. The molecule has 0 N–H and O–H groups in total. The molecule has 1 rings (SSSR count). The Kier molecular flexibility index (Phi) is 10.1. The lowest BCUT2D eigenvalue weighted by Gasteiger charge is -2.60. The highest BCUT2D eigenvalue weighted by Gasteiger charge is 2.89. The first-order valence-electron chi connectivity index (χ1n) is 6.29. The zero-order valence-corrected chi connectivity index (χ0v) is 27.0. The smallest absolute Gasteiger partial charge is 0.205 e. The summed E-state index contributed by atoms with van der Waals surface area (Å²) in [7, 11) is 0. The zero-order valence-electron chi connectivity index (χ0n) is 12.6. The first kappa shape index (κ1) is 33.5. The number of halogens is 19. The van der Waals surface area contributed by atoms with E-state index in [4.69, 9.17) is 220 Å². The van der Waals surface area contributed by atoms with Crippen molar-refractivity contribution >= 4 is 220 Å². The Hall–Kier alpha value is 5.47. The van der Waals surface area contributed by atoms with Crippen LogP contribution in [0.3, 0.4) is 0 Å². The van der Waals surface area contributed by atoms with Crippen LogP contribution in [0.15, 0.2) is 0 Å². The Labute approximate surface area is 266 Å². The zero-order chi connectivity index (χ0) is 25.0. The van der Waals surface area contributed by atoms with Crippen molar-refractivity contribution < 1.29 is 5.11 Å². The third kappa shape index (κ3) is 3.87. The molecular formula is C10Cl19O. The van der Waals surface area contributed by atoms with E-state index in [0.717, 1.165) is 0 Å². The molecule has 179 valence electrons. The van der Waals surface area contributed by atoms with E-state index in [1.807, 2.05) is 0 Å². The molecule has 0 bridgehead atoms. The van der Waals surface area contributed by atoms with Crippen molar-refractivity contribution in [2.45, 2.75) is 44.1 Å². The van der Waals surface area contributed by atoms with Crippen LogP contribution in [0, 0.1) is 0 Å². The predicted molar refractivity (Wildman–Crippen MR) is 139 cm³/mol. The maximum absolute atomic E-state index is 13.5. The summed E-state index contributed by atoms with van der Waals surface area (Å²) in [5.74, 6) is 0. The number of alkyl halides is 19. The second kappa shape index (κ2) is 9.01. The Bertz CT molecular complexity index is 463. The van der Waals surface area contributed by atoms with Gasteiger partial charge in [0, 0.05) is 0 Å². The molecule has 20 heteroatoms. The molecule has 0 aromatic heterocycles. The Morgan fingerprint density at radius 1 is 0.233 bits per heavy atom. The van der Waals surface area contributed by atoms with E-state index in [1.165, 1.54) is 0 Å². The maximum atomic E-state index is 13.5. The van der Waals surface area contributed by atoms with Crippen molar-refractivity contribution in [3.05, 3.63) is 0 Å². The minimum atomic E-state index is -3.78. The molecule has 0 aliphatic heterocycles. The monoisotopic (exact) mass is 800 g/mol. The van der Waals surface area contributed by atoms with E-state index < -0.39 is 44.1 Å². The molecule has 0 unspecified atom stereocenters. The van der Waals surface area contributed by atoms with Crippen LogP contribution in [0.1, 0.15) is 0 Å². The minimum absolute atomic E-state index is 3.12. The van der Waals surface area contributed by atoms with Crippen molar-refractivity contribution in [2.75, 3.05) is 0 Å². The Morgan fingerprint density at radius 2 is 0.333 bits per heavy atom. The number of rotatable bonds is 0. The van der Waals surface area contributed by atoms with Gasteiger partial charge in [-0.15, -0.1) is 0 Å². The molecule has 0 aromatic carbocycles. The predicted octanol–water partition coefficient (Wildman–Crippen LogP) is 10.9. The maximum Gasteiger partial charge on any atom is 0.247 e. The highest BCUT2D eigenvalue weighted by atomic mass is 35.6.